The Labute approximate surface area is 122 Å². The Morgan fingerprint density at radius 1 is 1.47 bits per heavy atom. The number of para-hydroxylation sites is 1. The summed E-state index contributed by atoms with van der Waals surface area (Å²) in [7, 11) is 0. The molecule has 104 valence electrons. The normalized spacial score (nSPS) is 23.8. The lowest BCUT2D eigenvalue weighted by atomic mass is 9.97. The zero-order valence-corrected chi connectivity index (χ0v) is 12.9. The predicted octanol–water partition coefficient (Wildman–Crippen LogP) is 2.20. The van der Waals surface area contributed by atoms with Crippen LogP contribution >= 0.6 is 15.9 Å². The maximum absolute atomic E-state index is 11.9. The molecule has 4 nitrogen and oxygen atoms in total. The van der Waals surface area contributed by atoms with E-state index in [1.165, 1.54) is 0 Å². The summed E-state index contributed by atoms with van der Waals surface area (Å²) in [5, 5.41) is 3.34. The minimum absolute atomic E-state index is 0.286. The smallest absolute Gasteiger partial charge is 0.244 e. The van der Waals surface area contributed by atoms with Crippen LogP contribution in [-0.4, -0.2) is 35.5 Å². The molecule has 0 aromatic heterocycles. The monoisotopic (exact) mass is 325 g/mol. The Bertz CT molecular complexity index is 478. The van der Waals surface area contributed by atoms with Crippen LogP contribution < -0.4 is 11.1 Å². The molecule has 1 fully saturated rings. The van der Waals surface area contributed by atoms with E-state index in [4.69, 9.17) is 5.73 Å². The first-order chi connectivity index (χ1) is 8.94. The summed E-state index contributed by atoms with van der Waals surface area (Å²) >= 11 is 3.49. The van der Waals surface area contributed by atoms with Crippen molar-refractivity contribution in [2.75, 3.05) is 18.4 Å². The van der Waals surface area contributed by atoms with Gasteiger partial charge in [-0.25, -0.2) is 0 Å². The highest BCUT2D eigenvalue weighted by Crippen LogP contribution is 2.30. The maximum atomic E-state index is 11.9. The van der Waals surface area contributed by atoms with Gasteiger partial charge in [-0.1, -0.05) is 12.1 Å². The number of hydrogen-bond acceptors (Lipinski definition) is 3. The van der Waals surface area contributed by atoms with Crippen molar-refractivity contribution in [3.05, 3.63) is 28.7 Å². The average molecular weight is 326 g/mol. The van der Waals surface area contributed by atoms with E-state index < -0.39 is 5.54 Å². The maximum Gasteiger partial charge on any atom is 0.244 e. The highest BCUT2D eigenvalue weighted by atomic mass is 79.9. The molecule has 0 bridgehead atoms. The van der Waals surface area contributed by atoms with Crippen LogP contribution in [0.15, 0.2) is 28.7 Å². The number of likely N-dealkylation sites (tertiary alicyclic amines) is 1. The van der Waals surface area contributed by atoms with Gasteiger partial charge in [0.1, 0.15) is 5.54 Å². The van der Waals surface area contributed by atoms with Crippen molar-refractivity contribution in [1.29, 1.82) is 0 Å². The van der Waals surface area contributed by atoms with E-state index in [0.29, 0.717) is 12.6 Å². The molecule has 5 heteroatoms. The molecule has 2 rings (SSSR count). The van der Waals surface area contributed by atoms with Crippen molar-refractivity contribution in [2.24, 2.45) is 5.73 Å². The number of primary amides is 1. The van der Waals surface area contributed by atoms with Crippen molar-refractivity contribution in [3.63, 3.8) is 0 Å². The molecule has 0 saturated carbocycles. The van der Waals surface area contributed by atoms with Crippen LogP contribution in [0.2, 0.25) is 0 Å². The number of amides is 1. The van der Waals surface area contributed by atoms with Crippen molar-refractivity contribution >= 4 is 27.5 Å². The van der Waals surface area contributed by atoms with Gasteiger partial charge in [-0.15, -0.1) is 0 Å². The van der Waals surface area contributed by atoms with Crippen molar-refractivity contribution in [2.45, 2.75) is 31.8 Å². The lowest BCUT2D eigenvalue weighted by Crippen LogP contribution is -2.53. The number of nitrogens with zero attached hydrogens (tertiary/aromatic N) is 1. The number of benzene rings is 1. The van der Waals surface area contributed by atoms with E-state index in [2.05, 4.69) is 40.0 Å². The zero-order chi connectivity index (χ0) is 14.0. The number of carbonyl (C=O) groups is 1. The second kappa shape index (κ2) is 5.51. The van der Waals surface area contributed by atoms with Gasteiger partial charge in [-0.05, 0) is 48.3 Å². The fourth-order valence-electron chi connectivity index (χ4n) is 2.47. The van der Waals surface area contributed by atoms with Crippen molar-refractivity contribution in [3.8, 4) is 0 Å². The van der Waals surface area contributed by atoms with Crippen LogP contribution in [0.1, 0.15) is 20.3 Å². The van der Waals surface area contributed by atoms with E-state index in [1.54, 1.807) is 0 Å². The topological polar surface area (TPSA) is 58.4 Å². The summed E-state index contributed by atoms with van der Waals surface area (Å²) in [6, 6.07) is 8.21. The zero-order valence-electron chi connectivity index (χ0n) is 11.3. The first-order valence-corrected chi connectivity index (χ1v) is 7.30. The minimum atomic E-state index is -0.672. The molecule has 19 heavy (non-hydrogen) atoms. The molecule has 1 heterocycles. The van der Waals surface area contributed by atoms with Crippen molar-refractivity contribution in [1.82, 2.24) is 4.90 Å². The van der Waals surface area contributed by atoms with Gasteiger partial charge in [0.2, 0.25) is 5.91 Å². The Hall–Kier alpha value is -1.07. The standard InChI is InChI=1S/C14H20BrN3O/c1-10(2)18-8-7-14(9-18,13(16)19)17-12-6-4-3-5-11(12)15/h3-6,10,17H,7-9H2,1-2H3,(H2,16,19). The highest BCUT2D eigenvalue weighted by Gasteiger charge is 2.44. The summed E-state index contributed by atoms with van der Waals surface area (Å²) in [4.78, 5) is 14.2. The lowest BCUT2D eigenvalue weighted by molar-refractivity contribution is -0.122. The quantitative estimate of drug-likeness (QED) is 0.892. The number of carbonyl (C=O) groups excluding carboxylic acids is 1. The number of rotatable bonds is 4. The summed E-state index contributed by atoms with van der Waals surface area (Å²) in [5.41, 5.74) is 5.89. The number of anilines is 1. The fraction of sp³-hybridized carbons (Fsp3) is 0.500. The minimum Gasteiger partial charge on any atom is -0.369 e. The average Bonchev–Trinajstić information content (AvgIpc) is 2.78. The molecule has 0 spiro atoms. The Morgan fingerprint density at radius 3 is 2.68 bits per heavy atom. The first-order valence-electron chi connectivity index (χ1n) is 6.51. The summed E-state index contributed by atoms with van der Waals surface area (Å²) in [6.07, 6.45) is 0.738. The van der Waals surface area contributed by atoms with E-state index in [9.17, 15) is 4.79 Å². The van der Waals surface area contributed by atoms with E-state index in [0.717, 1.165) is 23.1 Å². The first kappa shape index (κ1) is 14.3. The second-order valence-corrected chi connectivity index (χ2v) is 6.22. The SMILES string of the molecule is CC(C)N1CCC(Nc2ccccc2Br)(C(N)=O)C1. The van der Waals surface area contributed by atoms with Crippen LogP contribution in [-0.2, 0) is 4.79 Å². The van der Waals surface area contributed by atoms with E-state index in [1.807, 2.05) is 24.3 Å². The van der Waals surface area contributed by atoms with Gasteiger partial charge in [0.15, 0.2) is 0 Å². The third kappa shape index (κ3) is 2.92. The van der Waals surface area contributed by atoms with Gasteiger partial charge in [0.25, 0.3) is 0 Å². The van der Waals surface area contributed by atoms with Gasteiger partial charge in [-0.2, -0.15) is 0 Å². The van der Waals surface area contributed by atoms with Gasteiger partial charge >= 0.3 is 0 Å². The van der Waals surface area contributed by atoms with Crippen LogP contribution in [0, 0.1) is 0 Å². The summed E-state index contributed by atoms with van der Waals surface area (Å²) in [5.74, 6) is -0.286. The summed E-state index contributed by atoms with van der Waals surface area (Å²) in [6.45, 7) is 5.81. The number of halogens is 1. The molecule has 0 aliphatic carbocycles. The van der Waals surface area contributed by atoms with Gasteiger partial charge < -0.3 is 11.1 Å². The predicted molar refractivity (Wildman–Crippen MR) is 81.0 cm³/mol. The highest BCUT2D eigenvalue weighted by molar-refractivity contribution is 9.10. The molecule has 1 atom stereocenters. The van der Waals surface area contributed by atoms with E-state index >= 15 is 0 Å². The molecule has 1 aromatic carbocycles. The molecule has 1 unspecified atom stereocenters. The van der Waals surface area contributed by atoms with Gasteiger partial charge in [0.05, 0.1) is 0 Å². The Balaban J connectivity index is 2.23. The van der Waals surface area contributed by atoms with Crippen LogP contribution in [0.25, 0.3) is 0 Å². The molecular formula is C14H20BrN3O. The number of hydrogen-bond donors (Lipinski definition) is 2. The molecular weight excluding hydrogens is 306 g/mol. The van der Waals surface area contributed by atoms with Crippen LogP contribution in [0.4, 0.5) is 5.69 Å². The van der Waals surface area contributed by atoms with E-state index in [-0.39, 0.29) is 5.91 Å². The third-order valence-electron chi connectivity index (χ3n) is 3.75. The van der Waals surface area contributed by atoms with Gasteiger partial charge in [0, 0.05) is 29.3 Å². The fourth-order valence-corrected chi connectivity index (χ4v) is 2.85. The summed E-state index contributed by atoms with van der Waals surface area (Å²) < 4.78 is 0.943. The molecule has 1 saturated heterocycles. The molecule has 1 aliphatic rings. The molecule has 3 N–H and O–H groups in total. The van der Waals surface area contributed by atoms with Crippen LogP contribution in [0.3, 0.4) is 0 Å². The largest absolute Gasteiger partial charge is 0.369 e. The molecule has 1 aliphatic heterocycles. The lowest BCUT2D eigenvalue weighted by Gasteiger charge is -2.30. The van der Waals surface area contributed by atoms with Gasteiger partial charge in [-0.3, -0.25) is 9.69 Å². The van der Waals surface area contributed by atoms with Crippen LogP contribution in [0.5, 0.6) is 0 Å². The molecule has 1 amide bonds. The second-order valence-electron chi connectivity index (χ2n) is 5.37. The molecule has 0 radical (unpaired) electrons. The number of nitrogens with two attached hydrogens (primary N) is 1. The van der Waals surface area contributed by atoms with Crippen molar-refractivity contribution < 1.29 is 4.79 Å². The Morgan fingerprint density at radius 2 is 2.16 bits per heavy atom. The third-order valence-corrected chi connectivity index (χ3v) is 4.44. The Kier molecular flexibility index (Phi) is 4.16. The molecule has 1 aromatic rings. The number of nitrogens with one attached hydrogen (secondary N) is 1.